The van der Waals surface area contributed by atoms with E-state index in [9.17, 15) is 31.2 Å². The van der Waals surface area contributed by atoms with Gasteiger partial charge in [0.25, 0.3) is 15.7 Å². The Labute approximate surface area is 140 Å². The van der Waals surface area contributed by atoms with Crippen LogP contribution in [0, 0.1) is 0 Å². The molecule has 1 aromatic heterocycles. The zero-order chi connectivity index (χ0) is 18.8. The molecule has 0 aliphatic heterocycles. The number of hydrazine groups is 1. The molecule has 1 heterocycles. The fraction of sp³-hybridized carbons (Fsp3) is 0.143. The number of nitrogens with one attached hydrogen (secondary N) is 2. The van der Waals surface area contributed by atoms with E-state index in [2.05, 4.69) is 10.9 Å². The summed E-state index contributed by atoms with van der Waals surface area (Å²) in [7, 11) is -3.96. The van der Waals surface area contributed by atoms with Crippen molar-refractivity contribution in [2.75, 3.05) is 5.43 Å². The number of benzene rings is 1. The monoisotopic (exact) mass is 375 g/mol. The van der Waals surface area contributed by atoms with Crippen LogP contribution in [0.25, 0.3) is 0 Å². The quantitative estimate of drug-likeness (QED) is 0.788. The van der Waals surface area contributed by atoms with Crippen molar-refractivity contribution in [1.29, 1.82) is 0 Å². The summed E-state index contributed by atoms with van der Waals surface area (Å²) < 4.78 is 61.0. The lowest BCUT2D eigenvalue weighted by atomic mass is 10.3. The Morgan fingerprint density at radius 2 is 1.68 bits per heavy atom. The first-order valence-corrected chi connectivity index (χ1v) is 8.15. The second-order valence-corrected chi connectivity index (χ2v) is 6.86. The van der Waals surface area contributed by atoms with Gasteiger partial charge in [-0.3, -0.25) is 20.4 Å². The summed E-state index contributed by atoms with van der Waals surface area (Å²) >= 11 is 0. The van der Waals surface area contributed by atoms with Crippen molar-refractivity contribution in [3.8, 4) is 0 Å². The summed E-state index contributed by atoms with van der Waals surface area (Å²) in [6, 6.07) is 6.18. The molecule has 134 valence electrons. The minimum absolute atomic E-state index is 0.166. The molecule has 0 radical (unpaired) electrons. The molecule has 1 aromatic carbocycles. The van der Waals surface area contributed by atoms with Gasteiger partial charge in [-0.2, -0.15) is 13.2 Å². The highest BCUT2D eigenvalue weighted by Gasteiger charge is 2.46. The van der Waals surface area contributed by atoms with Gasteiger partial charge in [0, 0.05) is 19.3 Å². The van der Waals surface area contributed by atoms with Crippen LogP contribution in [0.5, 0.6) is 0 Å². The largest absolute Gasteiger partial charge is 0.501 e. The van der Waals surface area contributed by atoms with Gasteiger partial charge in [0.2, 0.25) is 5.56 Å². The molecule has 0 saturated heterocycles. The summed E-state index contributed by atoms with van der Waals surface area (Å²) in [5.41, 5.74) is -0.646. The Morgan fingerprint density at radius 3 is 2.20 bits per heavy atom. The van der Waals surface area contributed by atoms with Crippen molar-refractivity contribution in [2.45, 2.75) is 10.4 Å². The van der Waals surface area contributed by atoms with Crippen LogP contribution >= 0.6 is 0 Å². The van der Waals surface area contributed by atoms with E-state index in [1.54, 1.807) is 0 Å². The molecule has 2 rings (SSSR count). The van der Waals surface area contributed by atoms with Crippen molar-refractivity contribution in [1.82, 2.24) is 9.99 Å². The number of rotatable bonds is 4. The number of sulfone groups is 1. The molecule has 0 bridgehead atoms. The number of carbonyl (C=O) groups is 1. The molecule has 0 unspecified atom stereocenters. The molecule has 0 saturated carbocycles. The van der Waals surface area contributed by atoms with Gasteiger partial charge in [0.05, 0.1) is 16.1 Å². The maximum Gasteiger partial charge on any atom is 0.501 e. The highest BCUT2D eigenvalue weighted by atomic mass is 32.2. The first kappa shape index (κ1) is 18.5. The molecule has 11 heteroatoms. The summed E-state index contributed by atoms with van der Waals surface area (Å²) in [6.45, 7) is 0. The third-order valence-corrected chi connectivity index (χ3v) is 4.64. The Bertz CT molecular complexity index is 951. The number of pyridine rings is 1. The molecule has 1 amide bonds. The van der Waals surface area contributed by atoms with Crippen LogP contribution in [0.3, 0.4) is 0 Å². The summed E-state index contributed by atoms with van der Waals surface area (Å²) in [5, 5.41) is 0. The van der Waals surface area contributed by atoms with Crippen molar-refractivity contribution < 1.29 is 26.4 Å². The van der Waals surface area contributed by atoms with Crippen LogP contribution in [0.1, 0.15) is 10.4 Å². The third-order valence-electron chi connectivity index (χ3n) is 3.14. The second-order valence-electron chi connectivity index (χ2n) is 4.92. The fourth-order valence-electron chi connectivity index (χ4n) is 1.78. The predicted octanol–water partition coefficient (Wildman–Crippen LogP) is 1.44. The first-order chi connectivity index (χ1) is 11.5. The molecule has 2 N–H and O–H groups in total. The Kier molecular flexibility index (Phi) is 4.88. The van der Waals surface area contributed by atoms with E-state index in [0.29, 0.717) is 0 Å². The second kappa shape index (κ2) is 6.59. The van der Waals surface area contributed by atoms with Crippen molar-refractivity contribution in [3.05, 3.63) is 58.5 Å². The standard InChI is InChI=1S/C14H12F3N3O4S/c1-20-8-9(2-7-12(20)21)13(22)19-18-10-3-5-11(6-4-10)25(23,24)14(15,16)17/h2-8,18H,1H3,(H,19,22). The van der Waals surface area contributed by atoms with E-state index in [-0.39, 0.29) is 16.8 Å². The van der Waals surface area contributed by atoms with Crippen LogP contribution in [-0.2, 0) is 16.9 Å². The number of alkyl halides is 3. The zero-order valence-corrected chi connectivity index (χ0v) is 13.5. The number of hydrogen-bond donors (Lipinski definition) is 2. The van der Waals surface area contributed by atoms with Gasteiger partial charge in [0.15, 0.2) is 0 Å². The molecule has 25 heavy (non-hydrogen) atoms. The van der Waals surface area contributed by atoms with Crippen LogP contribution in [-0.4, -0.2) is 24.4 Å². The molecule has 0 fully saturated rings. The Morgan fingerprint density at radius 1 is 1.08 bits per heavy atom. The molecule has 0 spiro atoms. The van der Waals surface area contributed by atoms with Crippen molar-refractivity contribution >= 4 is 21.4 Å². The molecule has 7 nitrogen and oxygen atoms in total. The molecular weight excluding hydrogens is 363 g/mol. The number of anilines is 1. The number of halogens is 3. The summed E-state index contributed by atoms with van der Waals surface area (Å²) in [4.78, 5) is 22.2. The lowest BCUT2D eigenvalue weighted by Crippen LogP contribution is -2.30. The normalized spacial score (nSPS) is 11.8. The van der Waals surface area contributed by atoms with Gasteiger partial charge in [-0.25, -0.2) is 8.42 Å². The van der Waals surface area contributed by atoms with E-state index in [1.807, 2.05) is 0 Å². The predicted molar refractivity (Wildman–Crippen MR) is 82.5 cm³/mol. The van der Waals surface area contributed by atoms with Gasteiger partial charge in [0.1, 0.15) is 0 Å². The van der Waals surface area contributed by atoms with E-state index >= 15 is 0 Å². The third kappa shape index (κ3) is 3.99. The van der Waals surface area contributed by atoms with E-state index in [4.69, 9.17) is 0 Å². The maximum atomic E-state index is 12.4. The minimum atomic E-state index is -5.42. The minimum Gasteiger partial charge on any atom is -0.318 e. The molecular formula is C14H12F3N3O4S. The van der Waals surface area contributed by atoms with Gasteiger partial charge in [-0.1, -0.05) is 0 Å². The number of hydrogen-bond acceptors (Lipinski definition) is 5. The van der Waals surface area contributed by atoms with Gasteiger partial charge < -0.3 is 4.57 Å². The average Bonchev–Trinajstić information content (AvgIpc) is 2.54. The Balaban J connectivity index is 2.08. The zero-order valence-electron chi connectivity index (χ0n) is 12.7. The topological polar surface area (TPSA) is 97.3 Å². The lowest BCUT2D eigenvalue weighted by molar-refractivity contribution is -0.0436. The Hall–Kier alpha value is -2.82. The molecule has 2 aromatic rings. The van der Waals surface area contributed by atoms with Crippen LogP contribution < -0.4 is 16.4 Å². The van der Waals surface area contributed by atoms with Crippen LogP contribution in [0.15, 0.2) is 52.3 Å². The first-order valence-electron chi connectivity index (χ1n) is 6.67. The molecule has 0 aliphatic rings. The molecule has 0 atom stereocenters. The van der Waals surface area contributed by atoms with Gasteiger partial charge >= 0.3 is 5.51 Å². The van der Waals surface area contributed by atoms with Crippen LogP contribution in [0.4, 0.5) is 18.9 Å². The number of nitrogens with zero attached hydrogens (tertiary/aromatic N) is 1. The van der Waals surface area contributed by atoms with Crippen molar-refractivity contribution in [2.24, 2.45) is 7.05 Å². The number of carbonyl (C=O) groups excluding carboxylic acids is 1. The van der Waals surface area contributed by atoms with E-state index in [1.165, 1.54) is 29.9 Å². The SMILES string of the molecule is Cn1cc(C(=O)NNc2ccc(S(=O)(=O)C(F)(F)F)cc2)ccc1=O. The summed E-state index contributed by atoms with van der Waals surface area (Å²) in [5.74, 6) is -0.595. The van der Waals surface area contributed by atoms with E-state index < -0.39 is 26.1 Å². The lowest BCUT2D eigenvalue weighted by Gasteiger charge is -2.11. The number of amides is 1. The van der Waals surface area contributed by atoms with Gasteiger partial charge in [-0.05, 0) is 30.3 Å². The maximum absolute atomic E-state index is 12.4. The fourth-order valence-corrected chi connectivity index (χ4v) is 2.54. The summed E-state index contributed by atoms with van der Waals surface area (Å²) in [6.07, 6.45) is 1.30. The van der Waals surface area contributed by atoms with Crippen molar-refractivity contribution in [3.63, 3.8) is 0 Å². The smallest absolute Gasteiger partial charge is 0.318 e. The number of aryl methyl sites for hydroxylation is 1. The number of aromatic nitrogens is 1. The van der Waals surface area contributed by atoms with Crippen LogP contribution in [0.2, 0.25) is 0 Å². The van der Waals surface area contributed by atoms with Gasteiger partial charge in [-0.15, -0.1) is 0 Å². The highest BCUT2D eigenvalue weighted by molar-refractivity contribution is 7.92. The average molecular weight is 375 g/mol. The van der Waals surface area contributed by atoms with E-state index in [0.717, 1.165) is 24.3 Å². The molecule has 0 aliphatic carbocycles. The highest BCUT2D eigenvalue weighted by Crippen LogP contribution is 2.30.